The Morgan fingerprint density at radius 3 is 1.06 bits per heavy atom. The fraction of sp³-hybridized carbons (Fsp3) is 0.617. The molecule has 0 aliphatic carbocycles. The van der Waals surface area contributed by atoms with Gasteiger partial charge in [-0.2, -0.15) is 0 Å². The van der Waals surface area contributed by atoms with E-state index < -0.39 is 10.6 Å². The zero-order chi connectivity index (χ0) is 46.5. The van der Waals surface area contributed by atoms with Crippen LogP contribution in [0, 0.1) is 99.9 Å². The van der Waals surface area contributed by atoms with Gasteiger partial charge in [0.25, 0.3) is 5.91 Å². The first-order valence-electron chi connectivity index (χ1n) is 20.8. The highest BCUT2D eigenvalue weighted by molar-refractivity contribution is 5.94. The van der Waals surface area contributed by atoms with Crippen molar-refractivity contribution in [2.24, 2.45) is 0 Å². The minimum absolute atomic E-state index is 0.00908. The molecule has 1 atom stereocenters. The SMILES string of the molecule is CC#CC#CC#CC#CC#CC#CC#CC#CC(=O)NCC[N+]([O-])(CCCOCCOCCOCCOCCOCCOCCOCCOCCOCCOCCO)CCNC(C)=O. The van der Waals surface area contributed by atoms with Crippen LogP contribution in [0.4, 0.5) is 0 Å². The molecule has 17 nitrogen and oxygen atoms in total. The quantitative estimate of drug-likeness (QED) is 0.0299. The lowest BCUT2D eigenvalue weighted by atomic mass is 10.3. The van der Waals surface area contributed by atoms with E-state index in [4.69, 9.17) is 52.5 Å². The van der Waals surface area contributed by atoms with Gasteiger partial charge in [-0.3, -0.25) is 9.59 Å². The molecular weight excluding hydrogens is 831 g/mol. The number of nitrogens with zero attached hydrogens (tertiary/aromatic N) is 1. The van der Waals surface area contributed by atoms with Gasteiger partial charge in [-0.15, -0.1) is 0 Å². The molecular formula is C47H63N3O14. The molecule has 0 aromatic heterocycles. The largest absolute Gasteiger partial charge is 0.633 e. The lowest BCUT2D eigenvalue weighted by molar-refractivity contribution is -0.878. The summed E-state index contributed by atoms with van der Waals surface area (Å²) < 4.78 is 53.7. The molecule has 0 aliphatic rings. The number of carbonyl (C=O) groups excluding carboxylic acids is 2. The predicted molar refractivity (Wildman–Crippen MR) is 238 cm³/mol. The molecule has 0 heterocycles. The molecule has 0 saturated carbocycles. The third-order valence-electron chi connectivity index (χ3n) is 7.25. The van der Waals surface area contributed by atoms with Crippen LogP contribution < -0.4 is 10.6 Å². The standard InChI is InChI=1S/C47H63N3O14/c1-3-4-5-6-7-8-9-10-11-12-13-14-15-16-17-19-47(53)49-21-24-50(54,23-20-48-46(2)52)22-18-26-55-28-30-57-32-34-59-36-38-61-40-42-63-44-45-64-43-41-62-39-37-60-35-33-58-31-29-56-27-25-51/h51H,18,20-45H2,1-2H3,(H,48,52)(H,49,53). The molecule has 0 rings (SSSR count). The van der Waals surface area contributed by atoms with E-state index in [2.05, 4.69) is 105 Å². The minimum atomic E-state index is -0.633. The topological polar surface area (TPSA) is 194 Å². The highest BCUT2D eigenvalue weighted by Gasteiger charge is 2.17. The summed E-state index contributed by atoms with van der Waals surface area (Å²) in [5.41, 5.74) is 0. The maximum atomic E-state index is 13.4. The minimum Gasteiger partial charge on any atom is -0.633 e. The van der Waals surface area contributed by atoms with E-state index in [9.17, 15) is 14.8 Å². The van der Waals surface area contributed by atoms with Gasteiger partial charge in [-0.05, 0) is 89.8 Å². The number of aliphatic hydroxyl groups is 1. The van der Waals surface area contributed by atoms with Crippen molar-refractivity contribution in [2.45, 2.75) is 20.3 Å². The Morgan fingerprint density at radius 1 is 0.438 bits per heavy atom. The number of hydroxylamine groups is 3. The summed E-state index contributed by atoms with van der Waals surface area (Å²) in [6, 6.07) is 0. The van der Waals surface area contributed by atoms with Crippen LogP contribution in [0.15, 0.2) is 0 Å². The maximum Gasteiger partial charge on any atom is 0.297 e. The van der Waals surface area contributed by atoms with Crippen molar-refractivity contribution < 1.29 is 66.7 Å². The lowest BCUT2D eigenvalue weighted by Crippen LogP contribution is -2.51. The zero-order valence-electron chi connectivity index (χ0n) is 37.3. The molecule has 0 bridgehead atoms. The number of quaternary nitrogens is 1. The second kappa shape index (κ2) is 48.9. The third-order valence-corrected chi connectivity index (χ3v) is 7.25. The summed E-state index contributed by atoms with van der Waals surface area (Å²) in [5.74, 6) is 38.9. The summed E-state index contributed by atoms with van der Waals surface area (Å²) in [7, 11) is 0. The van der Waals surface area contributed by atoms with Gasteiger partial charge in [-0.1, -0.05) is 5.92 Å². The molecule has 3 N–H and O–H groups in total. The average molecular weight is 894 g/mol. The van der Waals surface area contributed by atoms with Crippen molar-refractivity contribution in [3.63, 3.8) is 0 Å². The van der Waals surface area contributed by atoms with E-state index in [1.165, 1.54) is 6.92 Å². The second-order valence-corrected chi connectivity index (χ2v) is 12.3. The van der Waals surface area contributed by atoms with Gasteiger partial charge >= 0.3 is 0 Å². The van der Waals surface area contributed by atoms with Crippen molar-refractivity contribution in [1.82, 2.24) is 10.6 Å². The first-order chi connectivity index (χ1) is 31.4. The molecule has 2 amide bonds. The van der Waals surface area contributed by atoms with Gasteiger partial charge in [0.2, 0.25) is 5.91 Å². The van der Waals surface area contributed by atoms with E-state index in [1.807, 2.05) is 0 Å². The highest BCUT2D eigenvalue weighted by atomic mass is 16.6. The Balaban J connectivity index is 3.88. The second-order valence-electron chi connectivity index (χ2n) is 12.3. The fourth-order valence-electron chi connectivity index (χ4n) is 4.31. The van der Waals surface area contributed by atoms with Gasteiger partial charge in [0, 0.05) is 19.3 Å². The first kappa shape index (κ1) is 58.9. The number of amides is 2. The summed E-state index contributed by atoms with van der Waals surface area (Å²) in [4.78, 5) is 23.4. The lowest BCUT2D eigenvalue weighted by Gasteiger charge is -2.43. The molecule has 17 heteroatoms. The van der Waals surface area contributed by atoms with Gasteiger partial charge in [0.15, 0.2) is 0 Å². The number of aliphatic hydroxyl groups excluding tert-OH is 1. The van der Waals surface area contributed by atoms with E-state index in [0.29, 0.717) is 139 Å². The third kappa shape index (κ3) is 47.9. The van der Waals surface area contributed by atoms with Gasteiger partial charge < -0.3 is 73.0 Å². The molecule has 1 unspecified atom stereocenters. The Bertz CT molecular complexity index is 1750. The molecule has 64 heavy (non-hydrogen) atoms. The maximum absolute atomic E-state index is 13.4. The number of nitrogens with one attached hydrogen (secondary N) is 2. The van der Waals surface area contributed by atoms with Gasteiger partial charge in [0.1, 0.15) is 0 Å². The molecule has 0 fully saturated rings. The van der Waals surface area contributed by atoms with E-state index in [-0.39, 0.29) is 45.2 Å². The number of carbonyl (C=O) groups is 2. The Morgan fingerprint density at radius 2 is 0.734 bits per heavy atom. The van der Waals surface area contributed by atoms with Crippen LogP contribution in [-0.2, 0) is 57.0 Å². The smallest absolute Gasteiger partial charge is 0.297 e. The number of rotatable bonds is 39. The Kier molecular flexibility index (Phi) is 45.0. The first-order valence-corrected chi connectivity index (χ1v) is 20.8. The normalized spacial score (nSPS) is 10.5. The van der Waals surface area contributed by atoms with Crippen molar-refractivity contribution >= 4 is 11.8 Å². The van der Waals surface area contributed by atoms with E-state index >= 15 is 0 Å². The summed E-state index contributed by atoms with van der Waals surface area (Å²) in [6.45, 7) is 12.5. The molecule has 0 radical (unpaired) electrons. The Labute approximate surface area is 380 Å². The number of hydrogen-bond acceptors (Lipinski definition) is 14. The van der Waals surface area contributed by atoms with Gasteiger partial charge in [0.05, 0.1) is 171 Å². The summed E-state index contributed by atoms with van der Waals surface area (Å²) in [5, 5.41) is 27.3. The van der Waals surface area contributed by atoms with Crippen molar-refractivity contribution in [3.8, 4) is 94.7 Å². The van der Waals surface area contributed by atoms with Crippen molar-refractivity contribution in [3.05, 3.63) is 5.21 Å². The summed E-state index contributed by atoms with van der Waals surface area (Å²) in [6.07, 6.45) is 0.474. The summed E-state index contributed by atoms with van der Waals surface area (Å²) >= 11 is 0. The van der Waals surface area contributed by atoms with Crippen LogP contribution in [0.2, 0.25) is 0 Å². The van der Waals surface area contributed by atoms with Crippen LogP contribution in [0.5, 0.6) is 0 Å². The van der Waals surface area contributed by atoms with Crippen LogP contribution in [-0.4, -0.2) is 193 Å². The molecule has 0 saturated heterocycles. The van der Waals surface area contributed by atoms with Gasteiger partial charge in [-0.25, -0.2) is 0 Å². The number of hydrogen-bond donors (Lipinski definition) is 3. The zero-order valence-corrected chi connectivity index (χ0v) is 37.3. The molecule has 0 aromatic rings. The van der Waals surface area contributed by atoms with E-state index in [1.54, 1.807) is 6.92 Å². The number of ether oxygens (including phenoxy) is 10. The fourth-order valence-corrected chi connectivity index (χ4v) is 4.31. The predicted octanol–water partition coefficient (Wildman–Crippen LogP) is -0.851. The van der Waals surface area contributed by atoms with Crippen molar-refractivity contribution in [1.29, 1.82) is 0 Å². The van der Waals surface area contributed by atoms with Crippen LogP contribution in [0.3, 0.4) is 0 Å². The van der Waals surface area contributed by atoms with Crippen LogP contribution in [0.1, 0.15) is 20.3 Å². The monoisotopic (exact) mass is 893 g/mol. The Hall–Kier alpha value is -5.10. The molecule has 0 aliphatic heterocycles. The molecule has 0 spiro atoms. The molecule has 350 valence electrons. The van der Waals surface area contributed by atoms with E-state index in [0.717, 1.165) is 0 Å². The van der Waals surface area contributed by atoms with Crippen LogP contribution >= 0.6 is 0 Å². The average Bonchev–Trinajstić information content (AvgIpc) is 3.28. The molecule has 0 aromatic carbocycles. The van der Waals surface area contributed by atoms with Crippen molar-refractivity contribution in [2.75, 3.05) is 171 Å². The highest BCUT2D eigenvalue weighted by Crippen LogP contribution is 2.05. The van der Waals surface area contributed by atoms with Crippen LogP contribution in [0.25, 0.3) is 0 Å².